The molecule has 0 spiro atoms. The zero-order valence-electron chi connectivity index (χ0n) is 15.4. The van der Waals surface area contributed by atoms with Crippen LogP contribution in [0.25, 0.3) is 0 Å². The predicted molar refractivity (Wildman–Crippen MR) is 98.3 cm³/mol. The van der Waals surface area contributed by atoms with E-state index in [1.165, 1.54) is 6.42 Å². The number of rotatable bonds is 4. The molecule has 2 bridgehead atoms. The van der Waals surface area contributed by atoms with Crippen LogP contribution >= 0.6 is 0 Å². The summed E-state index contributed by atoms with van der Waals surface area (Å²) in [7, 11) is 0. The summed E-state index contributed by atoms with van der Waals surface area (Å²) in [6.07, 6.45) is 2.60. The maximum atomic E-state index is 13.1. The van der Waals surface area contributed by atoms with Crippen LogP contribution in [0.3, 0.4) is 0 Å². The normalized spacial score (nSPS) is 31.5. The minimum atomic E-state index is -0.930. The topological polar surface area (TPSA) is 108 Å². The SMILES string of the molecule is O=C1CCC(N2C(=O)c3cccc(CN[C@@H]4C[C@@H]5CN[C@H]4C5)c3C2=O)C(=O)N1. The van der Waals surface area contributed by atoms with E-state index in [1.54, 1.807) is 12.1 Å². The van der Waals surface area contributed by atoms with Gasteiger partial charge in [-0.15, -0.1) is 0 Å². The molecule has 0 radical (unpaired) electrons. The lowest BCUT2D eigenvalue weighted by atomic mass is 10.0. The van der Waals surface area contributed by atoms with Gasteiger partial charge in [0, 0.05) is 25.0 Å². The van der Waals surface area contributed by atoms with E-state index in [-0.39, 0.29) is 18.7 Å². The summed E-state index contributed by atoms with van der Waals surface area (Å²) in [4.78, 5) is 50.6. The van der Waals surface area contributed by atoms with Gasteiger partial charge in [-0.1, -0.05) is 12.1 Å². The Morgan fingerprint density at radius 2 is 1.96 bits per heavy atom. The van der Waals surface area contributed by atoms with Crippen LogP contribution in [0, 0.1) is 5.92 Å². The molecule has 28 heavy (non-hydrogen) atoms. The quantitative estimate of drug-likeness (QED) is 0.629. The van der Waals surface area contributed by atoms with Gasteiger partial charge in [0.15, 0.2) is 0 Å². The van der Waals surface area contributed by atoms with E-state index in [2.05, 4.69) is 16.0 Å². The number of carbonyl (C=O) groups excluding carboxylic acids is 4. The fourth-order valence-corrected chi connectivity index (χ4v) is 5.05. The lowest BCUT2D eigenvalue weighted by Crippen LogP contribution is -2.54. The molecular weight excluding hydrogens is 360 g/mol. The summed E-state index contributed by atoms with van der Waals surface area (Å²) >= 11 is 0. The summed E-state index contributed by atoms with van der Waals surface area (Å²) in [6, 6.07) is 5.16. The first-order chi connectivity index (χ1) is 13.5. The van der Waals surface area contributed by atoms with Gasteiger partial charge in [0.2, 0.25) is 11.8 Å². The van der Waals surface area contributed by atoms with E-state index < -0.39 is 23.8 Å². The third-order valence-electron chi connectivity index (χ3n) is 6.44. The van der Waals surface area contributed by atoms with Gasteiger partial charge in [-0.25, -0.2) is 0 Å². The first kappa shape index (κ1) is 17.5. The van der Waals surface area contributed by atoms with Crippen molar-refractivity contribution in [3.05, 3.63) is 34.9 Å². The van der Waals surface area contributed by atoms with Crippen molar-refractivity contribution in [3.63, 3.8) is 0 Å². The third-order valence-corrected chi connectivity index (χ3v) is 6.44. The molecule has 3 fully saturated rings. The summed E-state index contributed by atoms with van der Waals surface area (Å²) in [5, 5.41) is 9.26. The van der Waals surface area contributed by atoms with Crippen LogP contribution in [0.4, 0.5) is 0 Å². The van der Waals surface area contributed by atoms with E-state index >= 15 is 0 Å². The number of imide groups is 2. The second-order valence-corrected chi connectivity index (χ2v) is 8.13. The van der Waals surface area contributed by atoms with Crippen molar-refractivity contribution in [2.75, 3.05) is 6.54 Å². The van der Waals surface area contributed by atoms with Crippen molar-refractivity contribution in [3.8, 4) is 0 Å². The van der Waals surface area contributed by atoms with Gasteiger partial charge in [-0.05, 0) is 43.4 Å². The standard InChI is InChI=1S/C20H22N4O4/c25-16-5-4-15(18(26)23-16)24-19(27)12-3-1-2-11(17(12)20(24)28)9-22-14-7-10-6-13(14)21-8-10/h1-3,10,13-15,21-22H,4-9H2,(H,23,25,26)/t10-,13+,14-,15?/m1/s1. The molecule has 8 heteroatoms. The predicted octanol–water partition coefficient (Wildman–Crippen LogP) is -0.0722. The maximum Gasteiger partial charge on any atom is 0.262 e. The van der Waals surface area contributed by atoms with Gasteiger partial charge in [0.1, 0.15) is 6.04 Å². The molecule has 1 saturated carbocycles. The summed E-state index contributed by atoms with van der Waals surface area (Å²) < 4.78 is 0. The van der Waals surface area contributed by atoms with Crippen LogP contribution in [0.5, 0.6) is 0 Å². The Morgan fingerprint density at radius 3 is 2.68 bits per heavy atom. The number of hydrogen-bond acceptors (Lipinski definition) is 6. The lowest BCUT2D eigenvalue weighted by Gasteiger charge is -2.28. The number of benzene rings is 1. The summed E-state index contributed by atoms with van der Waals surface area (Å²) in [6.45, 7) is 1.58. The number of amides is 4. The number of fused-ring (bicyclic) bond motifs is 3. The fourth-order valence-electron chi connectivity index (χ4n) is 5.05. The molecular formula is C20H22N4O4. The fraction of sp³-hybridized carbons (Fsp3) is 0.500. The minimum Gasteiger partial charge on any atom is -0.312 e. The molecule has 2 saturated heterocycles. The second-order valence-electron chi connectivity index (χ2n) is 8.13. The maximum absolute atomic E-state index is 13.1. The molecule has 5 rings (SSSR count). The van der Waals surface area contributed by atoms with E-state index in [9.17, 15) is 19.2 Å². The monoisotopic (exact) mass is 382 g/mol. The molecule has 4 aliphatic rings. The van der Waals surface area contributed by atoms with Gasteiger partial charge in [-0.3, -0.25) is 29.4 Å². The van der Waals surface area contributed by atoms with Crippen LogP contribution in [0.15, 0.2) is 18.2 Å². The Hall–Kier alpha value is -2.58. The average Bonchev–Trinajstić information content (AvgIpc) is 3.36. The minimum absolute atomic E-state index is 0.120. The van der Waals surface area contributed by atoms with Crippen LogP contribution in [-0.2, 0) is 16.1 Å². The highest BCUT2D eigenvalue weighted by molar-refractivity contribution is 6.24. The van der Waals surface area contributed by atoms with Crippen LogP contribution in [0.1, 0.15) is 52.0 Å². The molecule has 4 amide bonds. The number of nitrogens with zero attached hydrogens (tertiary/aromatic N) is 1. The van der Waals surface area contributed by atoms with Gasteiger partial charge in [0.25, 0.3) is 11.8 Å². The van der Waals surface area contributed by atoms with Gasteiger partial charge in [-0.2, -0.15) is 0 Å². The molecule has 1 aromatic rings. The van der Waals surface area contributed by atoms with Crippen LogP contribution < -0.4 is 16.0 Å². The van der Waals surface area contributed by atoms with Gasteiger partial charge >= 0.3 is 0 Å². The Labute approximate surface area is 162 Å². The zero-order valence-corrected chi connectivity index (χ0v) is 15.4. The largest absolute Gasteiger partial charge is 0.312 e. The highest BCUT2D eigenvalue weighted by Gasteiger charge is 2.45. The molecule has 1 unspecified atom stereocenters. The number of nitrogens with one attached hydrogen (secondary N) is 3. The molecule has 3 N–H and O–H groups in total. The van der Waals surface area contributed by atoms with Crippen LogP contribution in [0.2, 0.25) is 0 Å². The molecule has 146 valence electrons. The van der Waals surface area contributed by atoms with Crippen molar-refractivity contribution < 1.29 is 19.2 Å². The highest BCUT2D eigenvalue weighted by Crippen LogP contribution is 2.33. The number of hydrogen-bond donors (Lipinski definition) is 3. The Balaban J connectivity index is 1.37. The van der Waals surface area contributed by atoms with Crippen molar-refractivity contribution in [1.82, 2.24) is 20.9 Å². The first-order valence-electron chi connectivity index (χ1n) is 9.83. The van der Waals surface area contributed by atoms with Crippen molar-refractivity contribution in [2.24, 2.45) is 5.92 Å². The van der Waals surface area contributed by atoms with Crippen LogP contribution in [-0.4, -0.2) is 53.2 Å². The number of carbonyl (C=O) groups is 4. The molecule has 3 aliphatic heterocycles. The first-order valence-corrected chi connectivity index (χ1v) is 9.83. The highest BCUT2D eigenvalue weighted by atomic mass is 16.2. The van der Waals surface area contributed by atoms with Crippen molar-refractivity contribution in [2.45, 2.75) is 50.4 Å². The molecule has 8 nitrogen and oxygen atoms in total. The van der Waals surface area contributed by atoms with Crippen molar-refractivity contribution in [1.29, 1.82) is 0 Å². The average molecular weight is 382 g/mol. The molecule has 1 aliphatic carbocycles. The Morgan fingerprint density at radius 1 is 1.11 bits per heavy atom. The summed E-state index contributed by atoms with van der Waals surface area (Å²) in [5.74, 6) is -1.15. The van der Waals surface area contributed by atoms with E-state index in [0.29, 0.717) is 29.8 Å². The zero-order chi connectivity index (χ0) is 19.4. The molecule has 0 aromatic heterocycles. The molecule has 3 heterocycles. The molecule has 4 atom stereocenters. The summed E-state index contributed by atoms with van der Waals surface area (Å²) in [5.41, 5.74) is 1.48. The third kappa shape index (κ3) is 2.67. The van der Waals surface area contributed by atoms with E-state index in [4.69, 9.17) is 0 Å². The Bertz CT molecular complexity index is 898. The second kappa shape index (κ2) is 6.49. The lowest BCUT2D eigenvalue weighted by molar-refractivity contribution is -0.136. The van der Waals surface area contributed by atoms with Crippen molar-refractivity contribution >= 4 is 23.6 Å². The molecule has 1 aromatic carbocycles. The number of piperidine rings is 2. The Kier molecular flexibility index (Phi) is 4.06. The van der Waals surface area contributed by atoms with Gasteiger partial charge in [0.05, 0.1) is 11.1 Å². The van der Waals surface area contributed by atoms with Gasteiger partial charge < -0.3 is 10.6 Å². The van der Waals surface area contributed by atoms with E-state index in [1.807, 2.05) is 6.07 Å². The van der Waals surface area contributed by atoms with E-state index in [0.717, 1.165) is 29.3 Å². The smallest absolute Gasteiger partial charge is 0.262 e.